The van der Waals surface area contributed by atoms with E-state index in [0.29, 0.717) is 11.3 Å². The molecule has 0 N–H and O–H groups in total. The van der Waals surface area contributed by atoms with Gasteiger partial charge in [0.1, 0.15) is 5.82 Å². The molecule has 0 aromatic carbocycles. The van der Waals surface area contributed by atoms with Crippen LogP contribution in [0.3, 0.4) is 0 Å². The van der Waals surface area contributed by atoms with Gasteiger partial charge in [-0.05, 0) is 37.5 Å². The van der Waals surface area contributed by atoms with Gasteiger partial charge in [-0.25, -0.2) is 0 Å². The van der Waals surface area contributed by atoms with Crippen molar-refractivity contribution >= 4 is 17.4 Å². The third-order valence-electron chi connectivity index (χ3n) is 4.70. The van der Waals surface area contributed by atoms with Crippen molar-refractivity contribution in [1.82, 2.24) is 9.78 Å². The number of aromatic nitrogens is 2. The SMILES string of the molecule is Cc1nn(C)c(N2CCCC(C(C)(C)C)CC2)c1CCl. The quantitative estimate of drug-likeness (QED) is 0.766. The first kappa shape index (κ1) is 15.7. The summed E-state index contributed by atoms with van der Waals surface area (Å²) in [6.45, 7) is 11.4. The van der Waals surface area contributed by atoms with Crippen LogP contribution in [0.4, 0.5) is 5.82 Å². The molecule has 2 heterocycles. The van der Waals surface area contributed by atoms with Gasteiger partial charge in [0.15, 0.2) is 0 Å². The summed E-state index contributed by atoms with van der Waals surface area (Å²) in [5.41, 5.74) is 2.67. The Morgan fingerprint density at radius 2 is 1.95 bits per heavy atom. The van der Waals surface area contributed by atoms with Crippen LogP contribution in [0.5, 0.6) is 0 Å². The van der Waals surface area contributed by atoms with E-state index in [1.54, 1.807) is 0 Å². The molecule has 1 aromatic rings. The fourth-order valence-electron chi connectivity index (χ4n) is 3.42. The summed E-state index contributed by atoms with van der Waals surface area (Å²) >= 11 is 6.13. The van der Waals surface area contributed by atoms with Crippen LogP contribution >= 0.6 is 11.6 Å². The Hall–Kier alpha value is -0.700. The van der Waals surface area contributed by atoms with Crippen molar-refractivity contribution in [3.05, 3.63) is 11.3 Å². The molecule has 20 heavy (non-hydrogen) atoms. The van der Waals surface area contributed by atoms with E-state index in [-0.39, 0.29) is 0 Å². The highest BCUT2D eigenvalue weighted by molar-refractivity contribution is 6.17. The fraction of sp³-hybridized carbons (Fsp3) is 0.812. The van der Waals surface area contributed by atoms with Crippen LogP contribution in [0.2, 0.25) is 0 Å². The highest BCUT2D eigenvalue weighted by Crippen LogP contribution is 2.36. The van der Waals surface area contributed by atoms with Gasteiger partial charge < -0.3 is 4.90 Å². The lowest BCUT2D eigenvalue weighted by atomic mass is 9.77. The highest BCUT2D eigenvalue weighted by Gasteiger charge is 2.28. The van der Waals surface area contributed by atoms with Crippen LogP contribution in [0.15, 0.2) is 0 Å². The van der Waals surface area contributed by atoms with E-state index in [1.807, 2.05) is 11.7 Å². The van der Waals surface area contributed by atoms with Gasteiger partial charge in [0.25, 0.3) is 0 Å². The fourth-order valence-corrected chi connectivity index (χ4v) is 3.73. The average Bonchev–Trinajstić information content (AvgIpc) is 2.55. The van der Waals surface area contributed by atoms with Gasteiger partial charge in [0.05, 0.1) is 11.6 Å². The number of halogens is 1. The molecule has 0 aliphatic carbocycles. The van der Waals surface area contributed by atoms with Gasteiger partial charge in [-0.2, -0.15) is 5.10 Å². The molecule has 0 radical (unpaired) electrons. The van der Waals surface area contributed by atoms with Crippen molar-refractivity contribution < 1.29 is 0 Å². The summed E-state index contributed by atoms with van der Waals surface area (Å²) in [5.74, 6) is 2.59. The van der Waals surface area contributed by atoms with Crippen molar-refractivity contribution in [2.45, 2.75) is 52.8 Å². The molecule has 1 aliphatic heterocycles. The molecule has 4 heteroatoms. The predicted molar refractivity (Wildman–Crippen MR) is 86.5 cm³/mol. The van der Waals surface area contributed by atoms with E-state index in [2.05, 4.69) is 37.7 Å². The van der Waals surface area contributed by atoms with E-state index >= 15 is 0 Å². The van der Waals surface area contributed by atoms with Gasteiger partial charge in [-0.15, -0.1) is 11.6 Å². The molecule has 2 rings (SSSR count). The maximum Gasteiger partial charge on any atom is 0.131 e. The molecule has 3 nitrogen and oxygen atoms in total. The molecule has 0 bridgehead atoms. The summed E-state index contributed by atoms with van der Waals surface area (Å²) in [4.78, 5) is 2.49. The van der Waals surface area contributed by atoms with E-state index in [0.717, 1.165) is 24.7 Å². The first-order chi connectivity index (χ1) is 9.34. The Kier molecular flexibility index (Phi) is 4.68. The van der Waals surface area contributed by atoms with Crippen LogP contribution in [-0.4, -0.2) is 22.9 Å². The lowest BCUT2D eigenvalue weighted by Crippen LogP contribution is -2.28. The van der Waals surface area contributed by atoms with Crippen molar-refractivity contribution in [1.29, 1.82) is 0 Å². The lowest BCUT2D eigenvalue weighted by molar-refractivity contribution is 0.220. The second-order valence-corrected chi connectivity index (χ2v) is 7.39. The summed E-state index contributed by atoms with van der Waals surface area (Å²) in [6.07, 6.45) is 3.84. The van der Waals surface area contributed by atoms with Crippen LogP contribution in [-0.2, 0) is 12.9 Å². The Morgan fingerprint density at radius 1 is 1.25 bits per heavy atom. The van der Waals surface area contributed by atoms with Crippen molar-refractivity contribution in [3.8, 4) is 0 Å². The molecule has 114 valence electrons. The first-order valence-electron chi connectivity index (χ1n) is 7.68. The van der Waals surface area contributed by atoms with Crippen molar-refractivity contribution in [3.63, 3.8) is 0 Å². The second kappa shape index (κ2) is 5.97. The van der Waals surface area contributed by atoms with Crippen molar-refractivity contribution in [2.75, 3.05) is 18.0 Å². The van der Waals surface area contributed by atoms with Crippen LogP contribution in [0.25, 0.3) is 0 Å². The smallest absolute Gasteiger partial charge is 0.131 e. The molecular formula is C16H28ClN3. The molecule has 1 atom stereocenters. The Bertz CT molecular complexity index is 459. The van der Waals surface area contributed by atoms with Crippen LogP contribution < -0.4 is 4.90 Å². The van der Waals surface area contributed by atoms with Gasteiger partial charge in [0.2, 0.25) is 0 Å². The zero-order valence-corrected chi connectivity index (χ0v) is 14.3. The predicted octanol–water partition coefficient (Wildman–Crippen LogP) is 4.12. The molecule has 0 spiro atoms. The number of nitrogens with zero attached hydrogens (tertiary/aromatic N) is 3. The number of anilines is 1. The maximum atomic E-state index is 6.13. The van der Waals surface area contributed by atoms with Gasteiger partial charge in [-0.3, -0.25) is 4.68 Å². The van der Waals surface area contributed by atoms with Gasteiger partial charge in [0, 0.05) is 25.7 Å². The highest BCUT2D eigenvalue weighted by atomic mass is 35.5. The third-order valence-corrected chi connectivity index (χ3v) is 4.97. The lowest BCUT2D eigenvalue weighted by Gasteiger charge is -2.30. The molecular weight excluding hydrogens is 270 g/mol. The van der Waals surface area contributed by atoms with E-state index in [4.69, 9.17) is 11.6 Å². The van der Waals surface area contributed by atoms with E-state index < -0.39 is 0 Å². The Morgan fingerprint density at radius 3 is 2.55 bits per heavy atom. The largest absolute Gasteiger partial charge is 0.357 e. The van der Waals surface area contributed by atoms with Gasteiger partial charge in [-0.1, -0.05) is 20.8 Å². The third kappa shape index (κ3) is 3.13. The molecule has 1 aromatic heterocycles. The number of alkyl halides is 1. The second-order valence-electron chi connectivity index (χ2n) is 7.13. The van der Waals surface area contributed by atoms with Crippen molar-refractivity contribution in [2.24, 2.45) is 18.4 Å². The minimum absolute atomic E-state index is 0.410. The molecule has 1 unspecified atom stereocenters. The topological polar surface area (TPSA) is 21.1 Å². The summed E-state index contributed by atoms with van der Waals surface area (Å²) in [6, 6.07) is 0. The number of rotatable bonds is 2. The molecule has 1 fully saturated rings. The Labute approximate surface area is 128 Å². The summed E-state index contributed by atoms with van der Waals surface area (Å²) in [5, 5.41) is 4.55. The molecule has 1 aliphatic rings. The number of hydrogen-bond donors (Lipinski definition) is 0. The van der Waals surface area contributed by atoms with E-state index in [1.165, 1.54) is 30.6 Å². The van der Waals surface area contributed by atoms with Gasteiger partial charge >= 0.3 is 0 Å². The summed E-state index contributed by atoms with van der Waals surface area (Å²) < 4.78 is 2.00. The number of hydrogen-bond acceptors (Lipinski definition) is 2. The standard InChI is InChI=1S/C16H28ClN3/c1-12-14(11-17)15(19(5)18-12)20-9-6-7-13(8-10-20)16(2,3)4/h13H,6-11H2,1-5H3. The number of aryl methyl sites for hydroxylation is 2. The first-order valence-corrected chi connectivity index (χ1v) is 8.21. The normalized spacial score (nSPS) is 21.1. The average molecular weight is 298 g/mol. The molecule has 1 saturated heterocycles. The van der Waals surface area contributed by atoms with Crippen LogP contribution in [0.1, 0.15) is 51.3 Å². The zero-order valence-electron chi connectivity index (χ0n) is 13.5. The zero-order chi connectivity index (χ0) is 14.9. The monoisotopic (exact) mass is 297 g/mol. The van der Waals surface area contributed by atoms with E-state index in [9.17, 15) is 0 Å². The Balaban J connectivity index is 2.19. The maximum absolute atomic E-state index is 6.13. The summed E-state index contributed by atoms with van der Waals surface area (Å²) in [7, 11) is 2.03. The minimum Gasteiger partial charge on any atom is -0.357 e. The molecule has 0 amide bonds. The minimum atomic E-state index is 0.410. The molecule has 0 saturated carbocycles. The van der Waals surface area contributed by atoms with Crippen LogP contribution in [0, 0.1) is 18.3 Å².